The van der Waals surface area contributed by atoms with Gasteiger partial charge in [0.25, 0.3) is 5.69 Å². The van der Waals surface area contributed by atoms with Gasteiger partial charge in [-0.05, 0) is 37.1 Å². The fourth-order valence-corrected chi connectivity index (χ4v) is 6.12. The van der Waals surface area contributed by atoms with Crippen LogP contribution in [-0.2, 0) is 11.2 Å². The Morgan fingerprint density at radius 2 is 1.81 bits per heavy atom. The zero-order chi connectivity index (χ0) is 22.2. The lowest BCUT2D eigenvalue weighted by molar-refractivity contribution is -0.384. The lowest BCUT2D eigenvalue weighted by Gasteiger charge is -2.50. The molecule has 2 saturated heterocycles. The van der Waals surface area contributed by atoms with Crippen LogP contribution in [0.2, 0.25) is 0 Å². The van der Waals surface area contributed by atoms with Gasteiger partial charge in [0.1, 0.15) is 0 Å². The van der Waals surface area contributed by atoms with Gasteiger partial charge in [-0.3, -0.25) is 14.9 Å². The summed E-state index contributed by atoms with van der Waals surface area (Å²) in [4.78, 5) is 31.4. The number of hydrogen-bond donors (Lipinski definition) is 0. The zero-order valence-corrected chi connectivity index (χ0v) is 19.1. The number of hydrogen-bond acceptors (Lipinski definition) is 6. The fourth-order valence-electron chi connectivity index (χ4n) is 5.22. The van der Waals surface area contributed by atoms with Crippen LogP contribution in [0.1, 0.15) is 11.1 Å². The van der Waals surface area contributed by atoms with Crippen molar-refractivity contribution in [3.05, 3.63) is 63.7 Å². The summed E-state index contributed by atoms with van der Waals surface area (Å²) < 4.78 is 0. The summed E-state index contributed by atoms with van der Waals surface area (Å²) in [6.07, 6.45) is 0.558. The van der Waals surface area contributed by atoms with E-state index in [-0.39, 0.29) is 28.5 Å². The Bertz CT molecular complexity index is 1020. The first-order chi connectivity index (χ1) is 15.5. The number of non-ortho nitro benzene ring substituents is 1. The SMILES string of the molecule is Cc1ccc(N2CCN3c4ccc([N+](=O)[O-])cc4C[C@@H](C(=O)N4CCSCC4)[C@@H]3C2)cc1. The first kappa shape index (κ1) is 21.1. The van der Waals surface area contributed by atoms with E-state index in [1.54, 1.807) is 12.1 Å². The Balaban J connectivity index is 1.48. The molecule has 1 amide bonds. The number of rotatable bonds is 3. The molecule has 3 aliphatic rings. The molecule has 0 aliphatic carbocycles. The Morgan fingerprint density at radius 3 is 2.53 bits per heavy atom. The van der Waals surface area contributed by atoms with Gasteiger partial charge in [-0.15, -0.1) is 0 Å². The molecular formula is C24H28N4O3S. The predicted octanol–water partition coefficient (Wildman–Crippen LogP) is 3.35. The molecule has 0 radical (unpaired) electrons. The molecular weight excluding hydrogens is 424 g/mol. The molecule has 0 spiro atoms. The number of thioether (sulfide) groups is 1. The maximum atomic E-state index is 13.7. The van der Waals surface area contributed by atoms with Crippen molar-refractivity contribution >= 4 is 34.7 Å². The molecule has 168 valence electrons. The highest BCUT2D eigenvalue weighted by Crippen LogP contribution is 2.39. The van der Waals surface area contributed by atoms with Crippen LogP contribution in [0.4, 0.5) is 17.1 Å². The molecule has 2 fully saturated rings. The van der Waals surface area contributed by atoms with Gasteiger partial charge in [-0.25, -0.2) is 0 Å². The van der Waals surface area contributed by atoms with E-state index in [1.165, 1.54) is 11.3 Å². The summed E-state index contributed by atoms with van der Waals surface area (Å²) in [6.45, 7) is 6.09. The number of benzene rings is 2. The van der Waals surface area contributed by atoms with Gasteiger partial charge in [-0.1, -0.05) is 17.7 Å². The summed E-state index contributed by atoms with van der Waals surface area (Å²) in [5, 5.41) is 11.4. The maximum Gasteiger partial charge on any atom is 0.269 e. The molecule has 7 nitrogen and oxygen atoms in total. The van der Waals surface area contributed by atoms with E-state index >= 15 is 0 Å². The lowest BCUT2D eigenvalue weighted by Crippen LogP contribution is -2.62. The van der Waals surface area contributed by atoms with E-state index < -0.39 is 0 Å². The van der Waals surface area contributed by atoms with Crippen LogP contribution in [0.25, 0.3) is 0 Å². The first-order valence-electron chi connectivity index (χ1n) is 11.2. The minimum atomic E-state index is -0.347. The number of nitro benzene ring substituents is 1. The van der Waals surface area contributed by atoms with E-state index in [0.717, 1.165) is 55.5 Å². The average molecular weight is 453 g/mol. The van der Waals surface area contributed by atoms with Crippen LogP contribution in [0.5, 0.6) is 0 Å². The van der Waals surface area contributed by atoms with Crippen molar-refractivity contribution in [3.63, 3.8) is 0 Å². The van der Waals surface area contributed by atoms with Crippen LogP contribution < -0.4 is 9.80 Å². The molecule has 0 bridgehead atoms. The van der Waals surface area contributed by atoms with Crippen molar-refractivity contribution in [1.29, 1.82) is 0 Å². The van der Waals surface area contributed by atoms with Crippen molar-refractivity contribution in [2.75, 3.05) is 54.0 Å². The van der Waals surface area contributed by atoms with Crippen LogP contribution >= 0.6 is 11.8 Å². The number of anilines is 2. The van der Waals surface area contributed by atoms with Gasteiger partial charge in [0.05, 0.1) is 16.9 Å². The molecule has 32 heavy (non-hydrogen) atoms. The molecule has 0 unspecified atom stereocenters. The number of carbonyl (C=O) groups is 1. The second-order valence-corrected chi connectivity index (χ2v) is 10.1. The first-order valence-corrected chi connectivity index (χ1v) is 12.4. The average Bonchev–Trinajstić information content (AvgIpc) is 2.83. The fraction of sp³-hybridized carbons (Fsp3) is 0.458. The quantitative estimate of drug-likeness (QED) is 0.526. The molecule has 5 rings (SSSR count). The summed E-state index contributed by atoms with van der Waals surface area (Å²) in [5.41, 5.74) is 4.48. The minimum Gasteiger partial charge on any atom is -0.368 e. The Hall–Kier alpha value is -2.74. The monoisotopic (exact) mass is 452 g/mol. The number of piperazine rings is 1. The zero-order valence-electron chi connectivity index (χ0n) is 18.3. The molecule has 8 heteroatoms. The maximum absolute atomic E-state index is 13.7. The Morgan fingerprint density at radius 1 is 1.06 bits per heavy atom. The number of fused-ring (bicyclic) bond motifs is 3. The van der Waals surface area contributed by atoms with Crippen LogP contribution in [-0.4, -0.2) is 66.0 Å². The van der Waals surface area contributed by atoms with Gasteiger partial charge in [0, 0.05) is 67.7 Å². The van der Waals surface area contributed by atoms with Crippen molar-refractivity contribution in [3.8, 4) is 0 Å². The van der Waals surface area contributed by atoms with Crippen LogP contribution in [0.3, 0.4) is 0 Å². The normalized spacial score (nSPS) is 22.8. The molecule has 3 aliphatic heterocycles. The van der Waals surface area contributed by atoms with E-state index in [0.29, 0.717) is 6.42 Å². The number of carbonyl (C=O) groups excluding carboxylic acids is 1. The Kier molecular flexibility index (Phi) is 5.71. The number of nitrogens with zero attached hydrogens (tertiary/aromatic N) is 4. The summed E-state index contributed by atoms with van der Waals surface area (Å²) >= 11 is 1.89. The van der Waals surface area contributed by atoms with E-state index in [4.69, 9.17) is 0 Å². The van der Waals surface area contributed by atoms with Gasteiger partial charge in [0.15, 0.2) is 0 Å². The van der Waals surface area contributed by atoms with Crippen LogP contribution in [0, 0.1) is 23.0 Å². The summed E-state index contributed by atoms with van der Waals surface area (Å²) in [5.74, 6) is 1.96. The molecule has 0 N–H and O–H groups in total. The standard InChI is InChI=1S/C24H28N4O3S/c1-17-2-4-19(5-3-17)26-8-9-27-22-7-6-20(28(30)31)14-18(22)15-21(23(27)16-26)24(29)25-10-12-32-13-11-25/h2-7,14,21,23H,8-13,15-16H2,1H3/t21-,23+/m1/s1. The number of aryl methyl sites for hydroxylation is 1. The lowest BCUT2D eigenvalue weighted by atomic mass is 9.82. The molecule has 2 aromatic carbocycles. The summed E-state index contributed by atoms with van der Waals surface area (Å²) in [6, 6.07) is 13.8. The smallest absolute Gasteiger partial charge is 0.269 e. The van der Waals surface area contributed by atoms with Gasteiger partial charge < -0.3 is 14.7 Å². The highest BCUT2D eigenvalue weighted by Gasteiger charge is 2.43. The number of amides is 1. The van der Waals surface area contributed by atoms with E-state index in [1.807, 2.05) is 22.7 Å². The van der Waals surface area contributed by atoms with Gasteiger partial charge in [0.2, 0.25) is 5.91 Å². The van der Waals surface area contributed by atoms with Gasteiger partial charge in [-0.2, -0.15) is 11.8 Å². The number of nitro groups is 1. The summed E-state index contributed by atoms with van der Waals surface area (Å²) in [7, 11) is 0. The van der Waals surface area contributed by atoms with Crippen molar-refractivity contribution in [2.24, 2.45) is 5.92 Å². The predicted molar refractivity (Wildman–Crippen MR) is 129 cm³/mol. The van der Waals surface area contributed by atoms with Crippen molar-refractivity contribution in [1.82, 2.24) is 4.90 Å². The highest BCUT2D eigenvalue weighted by molar-refractivity contribution is 7.99. The third-order valence-electron chi connectivity index (χ3n) is 6.95. The van der Waals surface area contributed by atoms with Crippen molar-refractivity contribution < 1.29 is 9.72 Å². The molecule has 3 heterocycles. The molecule has 0 aromatic heterocycles. The van der Waals surface area contributed by atoms with Crippen LogP contribution in [0.15, 0.2) is 42.5 Å². The Labute approximate surface area is 192 Å². The topological polar surface area (TPSA) is 69.9 Å². The van der Waals surface area contributed by atoms with Gasteiger partial charge >= 0.3 is 0 Å². The largest absolute Gasteiger partial charge is 0.368 e. The molecule has 0 saturated carbocycles. The molecule has 2 aromatic rings. The third kappa shape index (κ3) is 3.92. The molecule has 2 atom stereocenters. The highest BCUT2D eigenvalue weighted by atomic mass is 32.2. The van der Waals surface area contributed by atoms with Crippen molar-refractivity contribution in [2.45, 2.75) is 19.4 Å². The second kappa shape index (κ2) is 8.65. The van der Waals surface area contributed by atoms with E-state index in [9.17, 15) is 14.9 Å². The minimum absolute atomic E-state index is 0.0566. The van der Waals surface area contributed by atoms with E-state index in [2.05, 4.69) is 41.0 Å². The third-order valence-corrected chi connectivity index (χ3v) is 7.89. The second-order valence-electron chi connectivity index (χ2n) is 8.86.